The van der Waals surface area contributed by atoms with Crippen LogP contribution in [0, 0.1) is 5.92 Å². The molecule has 24 heavy (non-hydrogen) atoms. The molecule has 0 aliphatic carbocycles. The lowest BCUT2D eigenvalue weighted by Gasteiger charge is -2.41. The molecule has 6 nitrogen and oxygen atoms in total. The van der Waals surface area contributed by atoms with Gasteiger partial charge in [0.1, 0.15) is 5.54 Å². The summed E-state index contributed by atoms with van der Waals surface area (Å²) in [6, 6.07) is 7.32. The molecule has 2 aliphatic heterocycles. The van der Waals surface area contributed by atoms with Crippen molar-refractivity contribution in [1.82, 2.24) is 15.5 Å². The van der Waals surface area contributed by atoms with Gasteiger partial charge in [-0.2, -0.15) is 0 Å². The van der Waals surface area contributed by atoms with E-state index in [1.807, 2.05) is 12.1 Å². The Bertz CT molecular complexity index is 630. The predicted octanol–water partition coefficient (Wildman–Crippen LogP) is 1.55. The summed E-state index contributed by atoms with van der Waals surface area (Å²) >= 11 is 5.97. The van der Waals surface area contributed by atoms with Gasteiger partial charge < -0.3 is 15.7 Å². The predicted molar refractivity (Wildman–Crippen MR) is 91.6 cm³/mol. The molecule has 7 heteroatoms. The number of rotatable bonds is 4. The van der Waals surface area contributed by atoms with Gasteiger partial charge in [0.15, 0.2) is 5.78 Å². The van der Waals surface area contributed by atoms with Gasteiger partial charge in [0.05, 0.1) is 0 Å². The monoisotopic (exact) mass is 351 g/mol. The van der Waals surface area contributed by atoms with E-state index in [0.29, 0.717) is 24.7 Å². The van der Waals surface area contributed by atoms with Crippen LogP contribution in [0.25, 0.3) is 0 Å². The van der Waals surface area contributed by atoms with E-state index in [4.69, 9.17) is 11.6 Å². The van der Waals surface area contributed by atoms with Crippen molar-refractivity contribution < 1.29 is 14.7 Å². The second-order valence-corrected chi connectivity index (χ2v) is 6.99. The molecule has 3 N–H and O–H groups in total. The molecule has 1 aromatic carbocycles. The summed E-state index contributed by atoms with van der Waals surface area (Å²) in [6.45, 7) is 2.30. The second kappa shape index (κ2) is 6.70. The van der Waals surface area contributed by atoms with E-state index in [2.05, 4.69) is 10.6 Å². The lowest BCUT2D eigenvalue weighted by atomic mass is 9.73. The van der Waals surface area contributed by atoms with E-state index in [-0.39, 0.29) is 17.6 Å². The maximum absolute atomic E-state index is 13.4. The third-order valence-electron chi connectivity index (χ3n) is 5.34. The first kappa shape index (κ1) is 17.2. The molecule has 1 aromatic rings. The van der Waals surface area contributed by atoms with Crippen molar-refractivity contribution in [2.24, 2.45) is 5.92 Å². The minimum absolute atomic E-state index is 0.00218. The van der Waals surface area contributed by atoms with E-state index in [1.54, 1.807) is 12.1 Å². The van der Waals surface area contributed by atoms with Crippen LogP contribution in [-0.2, 0) is 4.79 Å². The fourth-order valence-electron chi connectivity index (χ4n) is 3.97. The molecule has 1 amide bonds. The van der Waals surface area contributed by atoms with Crippen molar-refractivity contribution in [2.75, 3.05) is 33.2 Å². The zero-order valence-corrected chi connectivity index (χ0v) is 14.3. The van der Waals surface area contributed by atoms with Crippen molar-refractivity contribution in [2.45, 2.75) is 17.9 Å². The Kier molecular flexibility index (Phi) is 4.80. The highest BCUT2D eigenvalue weighted by Gasteiger charge is 2.56. The molecule has 2 fully saturated rings. The zero-order chi connectivity index (χ0) is 17.3. The maximum atomic E-state index is 13.4. The molecule has 0 spiro atoms. The van der Waals surface area contributed by atoms with Gasteiger partial charge in [0, 0.05) is 43.5 Å². The maximum Gasteiger partial charge on any atom is 0.407 e. The fraction of sp³-hybridized carbons (Fsp3) is 0.529. The first-order chi connectivity index (χ1) is 11.5. The Hall–Kier alpha value is -1.63. The second-order valence-electron chi connectivity index (χ2n) is 6.55. The average molecular weight is 352 g/mol. The minimum Gasteiger partial charge on any atom is -0.465 e. The number of likely N-dealkylation sites (N-methyl/N-ethyl adjacent to an activating group) is 1. The summed E-state index contributed by atoms with van der Waals surface area (Å²) in [6.07, 6.45) is -0.335. The number of Topliss-reactive ketones (excluding diaryl/α,β-unsaturated/α-hetero) is 1. The van der Waals surface area contributed by atoms with Gasteiger partial charge in [-0.3, -0.25) is 9.69 Å². The highest BCUT2D eigenvalue weighted by atomic mass is 35.5. The number of amides is 1. The van der Waals surface area contributed by atoms with E-state index >= 15 is 0 Å². The Balaban J connectivity index is 2.03. The van der Waals surface area contributed by atoms with Crippen LogP contribution in [0.4, 0.5) is 4.79 Å². The summed E-state index contributed by atoms with van der Waals surface area (Å²) < 4.78 is 0. The van der Waals surface area contributed by atoms with Crippen molar-refractivity contribution in [3.05, 3.63) is 34.9 Å². The topological polar surface area (TPSA) is 81.7 Å². The largest absolute Gasteiger partial charge is 0.465 e. The summed E-state index contributed by atoms with van der Waals surface area (Å²) in [5, 5.41) is 16.7. The van der Waals surface area contributed by atoms with Crippen LogP contribution in [-0.4, -0.2) is 60.6 Å². The molecule has 0 radical (unpaired) electrons. The molecule has 0 aromatic heterocycles. The van der Waals surface area contributed by atoms with Crippen LogP contribution in [0.5, 0.6) is 0 Å². The third-order valence-corrected chi connectivity index (χ3v) is 5.59. The molecule has 3 rings (SSSR count). The van der Waals surface area contributed by atoms with Gasteiger partial charge in [-0.25, -0.2) is 4.79 Å². The van der Waals surface area contributed by atoms with E-state index in [9.17, 15) is 14.7 Å². The number of halogens is 1. The van der Waals surface area contributed by atoms with Gasteiger partial charge >= 0.3 is 6.09 Å². The molecule has 2 aliphatic rings. The number of benzene rings is 1. The lowest BCUT2D eigenvalue weighted by molar-refractivity contribution is -0.133. The van der Waals surface area contributed by atoms with Crippen LogP contribution in [0.1, 0.15) is 17.9 Å². The highest BCUT2D eigenvalue weighted by Crippen LogP contribution is 2.40. The first-order valence-electron chi connectivity index (χ1n) is 8.15. The van der Waals surface area contributed by atoms with E-state index in [0.717, 1.165) is 18.5 Å². The number of ketones is 1. The van der Waals surface area contributed by atoms with Crippen LogP contribution in [0.2, 0.25) is 5.02 Å². The van der Waals surface area contributed by atoms with Crippen LogP contribution >= 0.6 is 11.6 Å². The number of nitrogens with one attached hydrogen (secondary N) is 2. The summed E-state index contributed by atoms with van der Waals surface area (Å²) in [5.41, 5.74) is -0.159. The normalized spacial score (nSPS) is 29.6. The minimum atomic E-state index is -1.09. The summed E-state index contributed by atoms with van der Waals surface area (Å²) in [4.78, 5) is 26.3. The third kappa shape index (κ3) is 2.79. The molecule has 0 saturated carbocycles. The van der Waals surface area contributed by atoms with Crippen LogP contribution < -0.4 is 10.6 Å². The Labute approximate surface area is 146 Å². The fourth-order valence-corrected chi connectivity index (χ4v) is 4.09. The quantitative estimate of drug-likeness (QED) is 0.767. The van der Waals surface area contributed by atoms with Crippen molar-refractivity contribution in [1.29, 1.82) is 0 Å². The van der Waals surface area contributed by atoms with Crippen LogP contribution in [0.15, 0.2) is 24.3 Å². The molecule has 130 valence electrons. The number of hydrogen-bond donors (Lipinski definition) is 3. The number of hydrogen-bond acceptors (Lipinski definition) is 4. The van der Waals surface area contributed by atoms with Gasteiger partial charge in [0.25, 0.3) is 0 Å². The lowest BCUT2D eigenvalue weighted by Crippen LogP contribution is -2.61. The van der Waals surface area contributed by atoms with Crippen molar-refractivity contribution in [3.8, 4) is 0 Å². The van der Waals surface area contributed by atoms with Gasteiger partial charge in [0.2, 0.25) is 0 Å². The molecule has 3 atom stereocenters. The number of carboxylic acid groups (broad SMARTS) is 1. The highest BCUT2D eigenvalue weighted by molar-refractivity contribution is 6.30. The van der Waals surface area contributed by atoms with Gasteiger partial charge in [-0.15, -0.1) is 0 Å². The molecule has 1 unspecified atom stereocenters. The Morgan fingerprint density at radius 2 is 1.96 bits per heavy atom. The van der Waals surface area contributed by atoms with Crippen molar-refractivity contribution >= 4 is 23.5 Å². The molecular formula is C17H22ClN3O3. The number of carbonyl (C=O) groups excluding carboxylic acids is 1. The molecular weight excluding hydrogens is 330 g/mol. The van der Waals surface area contributed by atoms with E-state index < -0.39 is 11.6 Å². The van der Waals surface area contributed by atoms with E-state index in [1.165, 1.54) is 11.9 Å². The van der Waals surface area contributed by atoms with Crippen LogP contribution in [0.3, 0.4) is 0 Å². The number of nitrogens with zero attached hydrogens (tertiary/aromatic N) is 1. The first-order valence-corrected chi connectivity index (χ1v) is 8.52. The SMILES string of the molecule is CN(C(=O)O)[C@]1(C(=O)C2CCNC2)CNC[C@H]1c1ccc(Cl)cc1. The average Bonchev–Trinajstić information content (AvgIpc) is 3.24. The van der Waals surface area contributed by atoms with Gasteiger partial charge in [-0.1, -0.05) is 23.7 Å². The number of carbonyl (C=O) groups is 2. The van der Waals surface area contributed by atoms with Gasteiger partial charge in [-0.05, 0) is 30.7 Å². The smallest absolute Gasteiger partial charge is 0.407 e. The summed E-state index contributed by atoms with van der Waals surface area (Å²) in [7, 11) is 1.50. The molecule has 0 bridgehead atoms. The molecule has 2 heterocycles. The Morgan fingerprint density at radius 1 is 1.25 bits per heavy atom. The standard InChI is InChI=1S/C17H22ClN3O3/c1-21(16(23)24)17(15(22)12-6-7-19-8-12)10-20-9-14(17)11-2-4-13(18)5-3-11/h2-5,12,14,19-20H,6-10H2,1H3,(H,23,24)/t12?,14-,17+/m0/s1. The zero-order valence-electron chi connectivity index (χ0n) is 13.6. The molecule has 2 saturated heterocycles. The van der Waals surface area contributed by atoms with Crippen molar-refractivity contribution in [3.63, 3.8) is 0 Å². The summed E-state index contributed by atoms with van der Waals surface area (Å²) in [5.74, 6) is -0.382. The Morgan fingerprint density at radius 3 is 2.54 bits per heavy atom.